The zero-order chi connectivity index (χ0) is 10.9. The Kier molecular flexibility index (Phi) is 7.41. The largest absolute Gasteiger partial charge is 0.382 e. The molecule has 0 bridgehead atoms. The summed E-state index contributed by atoms with van der Waals surface area (Å²) in [5.41, 5.74) is 0. The van der Waals surface area contributed by atoms with Gasteiger partial charge >= 0.3 is 0 Å². The Hall–Kier alpha value is 0.210. The highest BCUT2D eigenvalue weighted by Crippen LogP contribution is 2.29. The molecule has 1 saturated carbocycles. The molecule has 2 unspecified atom stereocenters. The SMILES string of the molecule is COCCOCCC1CCCCCC1Cl. The van der Waals surface area contributed by atoms with Crippen LogP contribution in [-0.4, -0.2) is 32.3 Å². The summed E-state index contributed by atoms with van der Waals surface area (Å²) < 4.78 is 10.4. The van der Waals surface area contributed by atoms with Crippen molar-refractivity contribution in [3.05, 3.63) is 0 Å². The van der Waals surface area contributed by atoms with Gasteiger partial charge in [0.1, 0.15) is 0 Å². The molecule has 1 rings (SSSR count). The van der Waals surface area contributed by atoms with Crippen LogP contribution in [0.5, 0.6) is 0 Å². The topological polar surface area (TPSA) is 18.5 Å². The Morgan fingerprint density at radius 1 is 1.07 bits per heavy atom. The molecular formula is C12H23ClO2. The standard InChI is InChI=1S/C12H23ClO2/c1-14-9-10-15-8-7-11-5-3-2-4-6-12(11)13/h11-12H,2-10H2,1H3. The highest BCUT2D eigenvalue weighted by atomic mass is 35.5. The Balaban J connectivity index is 2.07. The zero-order valence-corrected chi connectivity index (χ0v) is 10.5. The first-order chi connectivity index (χ1) is 7.34. The second-order valence-corrected chi connectivity index (χ2v) is 4.87. The summed E-state index contributed by atoms with van der Waals surface area (Å²) in [7, 11) is 1.70. The van der Waals surface area contributed by atoms with E-state index < -0.39 is 0 Å². The Morgan fingerprint density at radius 2 is 1.87 bits per heavy atom. The lowest BCUT2D eigenvalue weighted by molar-refractivity contribution is 0.0629. The molecule has 90 valence electrons. The molecule has 0 amide bonds. The number of halogens is 1. The van der Waals surface area contributed by atoms with Crippen LogP contribution in [0.3, 0.4) is 0 Å². The summed E-state index contributed by atoms with van der Waals surface area (Å²) >= 11 is 6.35. The van der Waals surface area contributed by atoms with Crippen LogP contribution in [0.2, 0.25) is 0 Å². The molecule has 2 atom stereocenters. The first kappa shape index (κ1) is 13.3. The van der Waals surface area contributed by atoms with Crippen LogP contribution in [0.1, 0.15) is 38.5 Å². The Bertz CT molecular complexity index is 153. The van der Waals surface area contributed by atoms with Gasteiger partial charge in [-0.3, -0.25) is 0 Å². The molecule has 2 nitrogen and oxygen atoms in total. The van der Waals surface area contributed by atoms with E-state index in [0.717, 1.165) is 13.0 Å². The van der Waals surface area contributed by atoms with Gasteiger partial charge in [0.25, 0.3) is 0 Å². The van der Waals surface area contributed by atoms with Crippen molar-refractivity contribution < 1.29 is 9.47 Å². The number of hydrogen-bond acceptors (Lipinski definition) is 2. The van der Waals surface area contributed by atoms with E-state index in [1.807, 2.05) is 0 Å². The number of alkyl halides is 1. The number of methoxy groups -OCH3 is 1. The van der Waals surface area contributed by atoms with E-state index in [2.05, 4.69) is 0 Å². The number of ether oxygens (including phenoxy) is 2. The quantitative estimate of drug-likeness (QED) is 0.399. The van der Waals surface area contributed by atoms with E-state index in [9.17, 15) is 0 Å². The Labute approximate surface area is 98.3 Å². The molecular weight excluding hydrogens is 212 g/mol. The molecule has 0 radical (unpaired) electrons. The van der Waals surface area contributed by atoms with Gasteiger partial charge < -0.3 is 9.47 Å². The molecule has 0 aliphatic heterocycles. The molecule has 1 aliphatic carbocycles. The summed E-state index contributed by atoms with van der Waals surface area (Å²) in [5, 5.41) is 0.374. The predicted octanol–water partition coefficient (Wildman–Crippen LogP) is 3.23. The van der Waals surface area contributed by atoms with Crippen molar-refractivity contribution in [3.63, 3.8) is 0 Å². The summed E-state index contributed by atoms with van der Waals surface area (Å²) in [5.74, 6) is 0.664. The highest BCUT2D eigenvalue weighted by Gasteiger charge is 2.21. The lowest BCUT2D eigenvalue weighted by atomic mass is 9.97. The van der Waals surface area contributed by atoms with Crippen LogP contribution in [0.25, 0.3) is 0 Å². The lowest BCUT2D eigenvalue weighted by Crippen LogP contribution is -2.16. The minimum atomic E-state index is 0.374. The molecule has 0 heterocycles. The molecule has 3 heteroatoms. The van der Waals surface area contributed by atoms with E-state index in [4.69, 9.17) is 21.1 Å². The van der Waals surface area contributed by atoms with E-state index in [-0.39, 0.29) is 0 Å². The smallest absolute Gasteiger partial charge is 0.0700 e. The van der Waals surface area contributed by atoms with Crippen molar-refractivity contribution in [2.24, 2.45) is 5.92 Å². The molecule has 1 aliphatic rings. The first-order valence-electron chi connectivity index (χ1n) is 6.05. The van der Waals surface area contributed by atoms with Gasteiger partial charge in [0.15, 0.2) is 0 Å². The average molecular weight is 235 g/mol. The predicted molar refractivity (Wildman–Crippen MR) is 63.5 cm³/mol. The fraction of sp³-hybridized carbons (Fsp3) is 1.00. The van der Waals surface area contributed by atoms with Crippen LogP contribution in [0.4, 0.5) is 0 Å². The molecule has 0 N–H and O–H groups in total. The van der Waals surface area contributed by atoms with Crippen LogP contribution in [0.15, 0.2) is 0 Å². The lowest BCUT2D eigenvalue weighted by Gasteiger charge is -2.19. The minimum Gasteiger partial charge on any atom is -0.382 e. The van der Waals surface area contributed by atoms with Gasteiger partial charge in [-0.25, -0.2) is 0 Å². The van der Waals surface area contributed by atoms with Crippen LogP contribution in [-0.2, 0) is 9.47 Å². The van der Waals surface area contributed by atoms with Crippen molar-refractivity contribution >= 4 is 11.6 Å². The second kappa shape index (κ2) is 8.37. The van der Waals surface area contributed by atoms with Crippen molar-refractivity contribution in [2.45, 2.75) is 43.9 Å². The third kappa shape index (κ3) is 5.74. The van der Waals surface area contributed by atoms with Gasteiger partial charge in [0.05, 0.1) is 13.2 Å². The second-order valence-electron chi connectivity index (χ2n) is 4.31. The van der Waals surface area contributed by atoms with Crippen LogP contribution >= 0.6 is 11.6 Å². The highest BCUT2D eigenvalue weighted by molar-refractivity contribution is 6.20. The molecule has 0 aromatic carbocycles. The van der Waals surface area contributed by atoms with Gasteiger partial charge in [-0.1, -0.05) is 19.3 Å². The van der Waals surface area contributed by atoms with E-state index in [1.54, 1.807) is 7.11 Å². The number of hydrogen-bond donors (Lipinski definition) is 0. The fourth-order valence-electron chi connectivity index (χ4n) is 2.14. The van der Waals surface area contributed by atoms with Gasteiger partial charge in [-0.2, -0.15) is 0 Å². The maximum Gasteiger partial charge on any atom is 0.0700 e. The summed E-state index contributed by atoms with van der Waals surface area (Å²) in [4.78, 5) is 0. The monoisotopic (exact) mass is 234 g/mol. The summed E-state index contributed by atoms with van der Waals surface area (Å²) in [6, 6.07) is 0. The van der Waals surface area contributed by atoms with Gasteiger partial charge in [-0.15, -0.1) is 11.6 Å². The molecule has 15 heavy (non-hydrogen) atoms. The van der Waals surface area contributed by atoms with Gasteiger partial charge in [0, 0.05) is 19.1 Å². The van der Waals surface area contributed by atoms with Gasteiger partial charge in [-0.05, 0) is 25.2 Å². The third-order valence-electron chi connectivity index (χ3n) is 3.13. The van der Waals surface area contributed by atoms with Crippen LogP contribution < -0.4 is 0 Å². The van der Waals surface area contributed by atoms with E-state index >= 15 is 0 Å². The Morgan fingerprint density at radius 3 is 2.67 bits per heavy atom. The molecule has 0 spiro atoms. The van der Waals surface area contributed by atoms with Crippen molar-refractivity contribution in [1.82, 2.24) is 0 Å². The summed E-state index contributed by atoms with van der Waals surface area (Å²) in [6.45, 7) is 2.22. The first-order valence-corrected chi connectivity index (χ1v) is 6.49. The van der Waals surface area contributed by atoms with Crippen molar-refractivity contribution in [3.8, 4) is 0 Å². The molecule has 0 aromatic rings. The molecule has 1 fully saturated rings. The maximum atomic E-state index is 6.35. The van der Waals surface area contributed by atoms with Crippen LogP contribution in [0, 0.1) is 5.92 Å². The summed E-state index contributed by atoms with van der Waals surface area (Å²) in [6.07, 6.45) is 7.56. The third-order valence-corrected chi connectivity index (χ3v) is 3.71. The normalized spacial score (nSPS) is 27.6. The minimum absolute atomic E-state index is 0.374. The van der Waals surface area contributed by atoms with Gasteiger partial charge in [0.2, 0.25) is 0 Å². The molecule has 0 saturated heterocycles. The molecule has 0 aromatic heterocycles. The average Bonchev–Trinajstić information content (AvgIpc) is 2.44. The number of rotatable bonds is 6. The fourth-order valence-corrected chi connectivity index (χ4v) is 2.55. The van der Waals surface area contributed by atoms with Crippen molar-refractivity contribution in [2.75, 3.05) is 26.9 Å². The maximum absolute atomic E-state index is 6.35. The van der Waals surface area contributed by atoms with Crippen molar-refractivity contribution in [1.29, 1.82) is 0 Å². The van der Waals surface area contributed by atoms with E-state index in [0.29, 0.717) is 24.5 Å². The zero-order valence-electron chi connectivity index (χ0n) is 9.71. The van der Waals surface area contributed by atoms with E-state index in [1.165, 1.54) is 32.1 Å².